The topological polar surface area (TPSA) is 197 Å². The Morgan fingerprint density at radius 3 is 0.429 bits per heavy atom. The third-order valence-corrected chi connectivity index (χ3v) is 0. The van der Waals surface area contributed by atoms with Gasteiger partial charge in [0.2, 0.25) is 0 Å². The molecule has 0 saturated carbocycles. The molecule has 0 aromatic rings. The van der Waals surface area contributed by atoms with Crippen molar-refractivity contribution in [1.29, 1.82) is 0 Å². The van der Waals surface area contributed by atoms with Crippen LogP contribution in [0.3, 0.4) is 0 Å². The zero-order valence-electron chi connectivity index (χ0n) is 3.66. The van der Waals surface area contributed by atoms with Gasteiger partial charge in [-0.25, -0.2) is 0 Å². The van der Waals surface area contributed by atoms with Crippen molar-refractivity contribution in [2.75, 3.05) is 0 Å². The largest absolute Gasteiger partial charge is 4.00 e. The van der Waals surface area contributed by atoms with Crippen molar-refractivity contribution in [2.45, 2.75) is 0 Å². The Kier molecular flexibility index (Phi) is 326000. The third-order valence-electron chi connectivity index (χ3n) is 0. The molecule has 0 saturated heterocycles. The Morgan fingerprint density at radius 2 is 0.429 bits per heavy atom. The van der Waals surface area contributed by atoms with Crippen LogP contribution >= 0.6 is 0 Å². The predicted octanol–water partition coefficient (Wildman–Crippen LogP) is 1.22. The fraction of sp³-hybridized carbons (Fsp3) is 0. The van der Waals surface area contributed by atoms with Crippen molar-refractivity contribution in [1.82, 2.24) is 0 Å². The molecule has 52 valence electrons. The molecular formula is H12N4O2Os. The average molecular weight is 290 g/mol. The maximum atomic E-state index is 0. The Morgan fingerprint density at radius 1 is 0.429 bits per heavy atom. The van der Waals surface area contributed by atoms with Crippen LogP contribution in [0.4, 0.5) is 0 Å². The molecule has 0 bridgehead atoms. The van der Waals surface area contributed by atoms with Gasteiger partial charge in [0.15, 0.2) is 0 Å². The zero-order chi connectivity index (χ0) is 0. The molecule has 0 spiro atoms. The molecule has 6 nitrogen and oxygen atoms in total. The van der Waals surface area contributed by atoms with E-state index in [1.54, 1.807) is 0 Å². The van der Waals surface area contributed by atoms with E-state index in [0.717, 1.165) is 0 Å². The molecule has 12 N–H and O–H groups in total. The van der Waals surface area contributed by atoms with Crippen LogP contribution in [-0.2, 0) is 19.8 Å². The first-order chi connectivity index (χ1) is 0. The fourth-order valence-electron chi connectivity index (χ4n) is 0. The van der Waals surface area contributed by atoms with Crippen molar-refractivity contribution in [3.05, 3.63) is 24.6 Å². The van der Waals surface area contributed by atoms with Crippen molar-refractivity contribution in [3.8, 4) is 0 Å². The van der Waals surface area contributed by atoms with Gasteiger partial charge in [-0.15, -0.1) is 0 Å². The zero-order valence-corrected chi connectivity index (χ0v) is 6.20. The molecule has 7 heteroatoms. The average Bonchev–Trinajstić information content (AvgIpc) is 0. The number of hydrogen-bond donors (Lipinski definition) is 0. The maximum absolute atomic E-state index is 0. The quantitative estimate of drug-likeness (QED) is 0.618. The minimum atomic E-state index is 0. The monoisotopic (exact) mass is 292 g/mol. The van der Waals surface area contributed by atoms with Gasteiger partial charge in [0.05, 0.1) is 0 Å². The van der Waals surface area contributed by atoms with Gasteiger partial charge in [0.1, 0.15) is 0 Å². The molecule has 0 heterocycles. The summed E-state index contributed by atoms with van der Waals surface area (Å²) in [5, 5.41) is 0. The van der Waals surface area contributed by atoms with Crippen LogP contribution in [-0.4, -0.2) is 11.0 Å². The van der Waals surface area contributed by atoms with Crippen LogP contribution in [0.5, 0.6) is 0 Å². The van der Waals surface area contributed by atoms with Crippen molar-refractivity contribution in [3.63, 3.8) is 0 Å². The Hall–Kier alpha value is 0.396. The summed E-state index contributed by atoms with van der Waals surface area (Å²) >= 11 is 0. The van der Waals surface area contributed by atoms with Gasteiger partial charge in [0.25, 0.3) is 0 Å². The molecule has 0 aromatic heterocycles. The summed E-state index contributed by atoms with van der Waals surface area (Å²) in [6, 6.07) is 0. The van der Waals surface area contributed by atoms with E-state index < -0.39 is 0 Å². The van der Waals surface area contributed by atoms with Crippen LogP contribution in [0.1, 0.15) is 0 Å². The second-order valence-corrected chi connectivity index (χ2v) is 0. The van der Waals surface area contributed by atoms with E-state index in [-0.39, 0.29) is 55.3 Å². The first-order valence-electron chi connectivity index (χ1n) is 0. The standard InChI is InChI=1S/4H2N.2H2O.Os/h6*1H2;/q4*-1;;;+4. The number of nitrogens with two attached hydrogens (primary N) is 4. The molecule has 0 amide bonds. The van der Waals surface area contributed by atoms with E-state index in [4.69, 9.17) is 0 Å². The summed E-state index contributed by atoms with van der Waals surface area (Å²) in [6.07, 6.45) is 0. The molecule has 0 aromatic carbocycles. The van der Waals surface area contributed by atoms with Crippen LogP contribution in [0.15, 0.2) is 0 Å². The van der Waals surface area contributed by atoms with Gasteiger partial charge < -0.3 is 35.6 Å². The second kappa shape index (κ2) is 1190. The van der Waals surface area contributed by atoms with Crippen LogP contribution in [0.2, 0.25) is 0 Å². The number of rotatable bonds is 0. The smallest absolute Gasteiger partial charge is 0.693 e. The summed E-state index contributed by atoms with van der Waals surface area (Å²) in [5.74, 6) is 0. The van der Waals surface area contributed by atoms with Gasteiger partial charge in [0, 0.05) is 0 Å². The van der Waals surface area contributed by atoms with Crippen molar-refractivity contribution in [2.24, 2.45) is 0 Å². The molecule has 0 unspecified atom stereocenters. The summed E-state index contributed by atoms with van der Waals surface area (Å²) < 4.78 is 0. The van der Waals surface area contributed by atoms with E-state index >= 15 is 0 Å². The van der Waals surface area contributed by atoms with Gasteiger partial charge in [-0.3, -0.25) is 0 Å². The first-order valence-corrected chi connectivity index (χ1v) is 0. The van der Waals surface area contributed by atoms with E-state index in [2.05, 4.69) is 0 Å². The van der Waals surface area contributed by atoms with Crippen LogP contribution < -0.4 is 0 Å². The second-order valence-electron chi connectivity index (χ2n) is 0. The Balaban J connectivity index is 0. The van der Waals surface area contributed by atoms with Crippen molar-refractivity contribution < 1.29 is 30.7 Å². The van der Waals surface area contributed by atoms with E-state index in [1.807, 2.05) is 0 Å². The first kappa shape index (κ1) is 1930. The van der Waals surface area contributed by atoms with E-state index in [1.165, 1.54) is 0 Å². The molecular weight excluding hydrogens is 278 g/mol. The predicted molar refractivity (Wildman–Crippen MR) is 28.4 cm³/mol. The maximum Gasteiger partial charge on any atom is 4.00 e. The summed E-state index contributed by atoms with van der Waals surface area (Å²) in [4.78, 5) is 0. The SMILES string of the molecule is O.O.[NH2-].[NH2-].[NH2-].[NH2-].[Os+4]. The van der Waals surface area contributed by atoms with Gasteiger partial charge in [-0.1, -0.05) is 0 Å². The molecule has 0 fully saturated rings. The fourth-order valence-corrected chi connectivity index (χ4v) is 0. The van der Waals surface area contributed by atoms with E-state index in [9.17, 15) is 0 Å². The summed E-state index contributed by atoms with van der Waals surface area (Å²) in [7, 11) is 0. The van der Waals surface area contributed by atoms with Crippen LogP contribution in [0, 0.1) is 0 Å². The summed E-state index contributed by atoms with van der Waals surface area (Å²) in [6.45, 7) is 0. The third kappa shape index (κ3) is 787. The van der Waals surface area contributed by atoms with Crippen LogP contribution in [0.25, 0.3) is 24.6 Å². The van der Waals surface area contributed by atoms with Crippen molar-refractivity contribution >= 4 is 0 Å². The number of hydrogen-bond acceptors (Lipinski definition) is 0. The molecule has 0 radical (unpaired) electrons. The molecule has 0 aliphatic heterocycles. The molecule has 0 rings (SSSR count). The summed E-state index contributed by atoms with van der Waals surface area (Å²) in [5.41, 5.74) is 0. The minimum absolute atomic E-state index is 0. The van der Waals surface area contributed by atoms with Gasteiger partial charge in [-0.05, 0) is 0 Å². The molecule has 7 heavy (non-hydrogen) atoms. The normalized spacial score (nSPS) is 0. The Labute approximate surface area is 56.1 Å². The Bertz CT molecular complexity index is 9.65. The minimum Gasteiger partial charge on any atom is -0.693 e. The van der Waals surface area contributed by atoms with Gasteiger partial charge >= 0.3 is 19.8 Å². The van der Waals surface area contributed by atoms with E-state index in [0.29, 0.717) is 0 Å². The molecule has 0 aliphatic carbocycles. The molecule has 0 aliphatic rings. The molecule has 0 atom stereocenters. The van der Waals surface area contributed by atoms with Gasteiger partial charge in [-0.2, -0.15) is 0 Å².